The van der Waals surface area contributed by atoms with Gasteiger partial charge in [-0.05, 0) is 54.8 Å². The fraction of sp³-hybridized carbons (Fsp3) is 0.280. The minimum atomic E-state index is -4.71. The molecule has 1 aromatic heterocycles. The van der Waals surface area contributed by atoms with E-state index in [2.05, 4.69) is 10.4 Å². The number of carboxylic acids is 1. The second-order valence-electron chi connectivity index (χ2n) is 8.40. The molecular formula is C25H25F3N4O5. The van der Waals surface area contributed by atoms with Crippen molar-refractivity contribution in [3.05, 3.63) is 77.1 Å². The summed E-state index contributed by atoms with van der Waals surface area (Å²) >= 11 is 0. The molecule has 1 saturated carbocycles. The van der Waals surface area contributed by atoms with Crippen molar-refractivity contribution in [2.75, 3.05) is 14.2 Å². The number of ether oxygens (including phenoxy) is 1. The molecule has 37 heavy (non-hydrogen) atoms. The molecule has 12 heteroatoms. The zero-order valence-corrected chi connectivity index (χ0v) is 20.0. The van der Waals surface area contributed by atoms with Crippen molar-refractivity contribution in [3.63, 3.8) is 0 Å². The first kappa shape index (κ1) is 27.2. The van der Waals surface area contributed by atoms with E-state index in [1.807, 2.05) is 12.1 Å². The van der Waals surface area contributed by atoms with E-state index in [9.17, 15) is 27.6 Å². The molecule has 0 bridgehead atoms. The number of aromatic carboxylic acids is 1. The number of nitrogens with one attached hydrogen (secondary N) is 1. The van der Waals surface area contributed by atoms with Gasteiger partial charge in [0.2, 0.25) is 11.8 Å². The summed E-state index contributed by atoms with van der Waals surface area (Å²) in [6.07, 6.45) is -2.14. The molecule has 0 unspecified atom stereocenters. The van der Waals surface area contributed by atoms with Crippen LogP contribution < -0.4 is 15.8 Å². The summed E-state index contributed by atoms with van der Waals surface area (Å²) in [4.78, 5) is 33.4. The third kappa shape index (κ3) is 6.46. The van der Waals surface area contributed by atoms with Crippen LogP contribution in [0.5, 0.6) is 5.75 Å². The first-order valence-corrected chi connectivity index (χ1v) is 11.1. The Bertz CT molecular complexity index is 1280. The highest BCUT2D eigenvalue weighted by molar-refractivity contribution is 5.92. The Morgan fingerprint density at radius 3 is 2.14 bits per heavy atom. The second kappa shape index (κ2) is 10.7. The van der Waals surface area contributed by atoms with Gasteiger partial charge in [0.15, 0.2) is 11.4 Å². The van der Waals surface area contributed by atoms with Gasteiger partial charge in [-0.1, -0.05) is 12.1 Å². The quantitative estimate of drug-likeness (QED) is 0.438. The van der Waals surface area contributed by atoms with Crippen LogP contribution in [0.25, 0.3) is 5.69 Å². The molecule has 0 spiro atoms. The normalized spacial score (nSPS) is 13.6. The number of methoxy groups -OCH3 is 1. The van der Waals surface area contributed by atoms with Gasteiger partial charge in [-0.25, -0.2) is 9.48 Å². The molecule has 1 aliphatic rings. The van der Waals surface area contributed by atoms with Gasteiger partial charge in [-0.3, -0.25) is 9.59 Å². The summed E-state index contributed by atoms with van der Waals surface area (Å²) in [6, 6.07) is 13.6. The van der Waals surface area contributed by atoms with E-state index in [0.717, 1.165) is 23.1 Å². The summed E-state index contributed by atoms with van der Waals surface area (Å²) in [7, 11) is 3.09. The van der Waals surface area contributed by atoms with E-state index in [4.69, 9.17) is 15.6 Å². The number of hydrogen-bond acceptors (Lipinski definition) is 5. The van der Waals surface area contributed by atoms with Crippen molar-refractivity contribution in [1.82, 2.24) is 15.1 Å². The predicted molar refractivity (Wildman–Crippen MR) is 127 cm³/mol. The van der Waals surface area contributed by atoms with E-state index >= 15 is 0 Å². The van der Waals surface area contributed by atoms with Crippen molar-refractivity contribution < 1.29 is 37.4 Å². The lowest BCUT2D eigenvalue weighted by atomic mass is 9.91. The van der Waals surface area contributed by atoms with Crippen molar-refractivity contribution in [2.24, 2.45) is 5.73 Å². The molecule has 9 nitrogen and oxygen atoms in total. The van der Waals surface area contributed by atoms with Gasteiger partial charge in [0, 0.05) is 30.5 Å². The van der Waals surface area contributed by atoms with Crippen LogP contribution in [0.4, 0.5) is 13.2 Å². The van der Waals surface area contributed by atoms with Crippen LogP contribution in [0.2, 0.25) is 0 Å². The fourth-order valence-electron chi connectivity index (χ4n) is 3.69. The molecule has 196 valence electrons. The molecule has 0 radical (unpaired) electrons. The van der Waals surface area contributed by atoms with Crippen LogP contribution in [-0.4, -0.2) is 46.8 Å². The number of carboxylic acid groups (broad SMARTS) is 1. The number of nitrogens with two attached hydrogens (primary N) is 1. The van der Waals surface area contributed by atoms with Gasteiger partial charge in [0.25, 0.3) is 0 Å². The van der Waals surface area contributed by atoms with Gasteiger partial charge in [0.05, 0.1) is 12.8 Å². The minimum absolute atomic E-state index is 0.0176. The van der Waals surface area contributed by atoms with E-state index in [1.54, 1.807) is 19.2 Å². The molecule has 4 N–H and O–H groups in total. The summed E-state index contributed by atoms with van der Waals surface area (Å²) in [5.41, 5.74) is 5.16. The molecule has 2 aromatic carbocycles. The first-order valence-electron chi connectivity index (χ1n) is 11.1. The van der Waals surface area contributed by atoms with Crippen LogP contribution >= 0.6 is 0 Å². The van der Waals surface area contributed by atoms with Crippen LogP contribution in [0.1, 0.15) is 51.4 Å². The molecule has 4 rings (SSSR count). The van der Waals surface area contributed by atoms with Gasteiger partial charge in [0.1, 0.15) is 5.75 Å². The van der Waals surface area contributed by atoms with E-state index < -0.39 is 29.4 Å². The highest BCUT2D eigenvalue weighted by Gasteiger charge is 2.45. The lowest BCUT2D eigenvalue weighted by Crippen LogP contribution is -2.24. The number of carbonyl (C=O) groups excluding carboxylic acids is 2. The molecule has 1 heterocycles. The Hall–Kier alpha value is -4.35. The van der Waals surface area contributed by atoms with Gasteiger partial charge in [-0.2, -0.15) is 18.3 Å². The Labute approximate surface area is 210 Å². The number of alkyl halides is 3. The first-order chi connectivity index (χ1) is 17.4. The molecule has 1 aliphatic carbocycles. The van der Waals surface area contributed by atoms with Crippen LogP contribution in [0.15, 0.2) is 54.6 Å². The average molecular weight is 518 g/mol. The smallest absolute Gasteiger partial charge is 0.435 e. The zero-order valence-electron chi connectivity index (χ0n) is 20.0. The number of amides is 2. The van der Waals surface area contributed by atoms with E-state index in [1.165, 1.54) is 31.4 Å². The third-order valence-electron chi connectivity index (χ3n) is 5.95. The third-order valence-corrected chi connectivity index (χ3v) is 5.95. The Balaban J connectivity index is 0.000000208. The second-order valence-corrected chi connectivity index (χ2v) is 8.40. The maximum Gasteiger partial charge on any atom is 0.435 e. The highest BCUT2D eigenvalue weighted by atomic mass is 19.4. The number of carbonyl (C=O) groups is 3. The Kier molecular flexibility index (Phi) is 7.90. The largest absolute Gasteiger partial charge is 0.497 e. The molecular weight excluding hydrogens is 493 g/mol. The SMILES string of the molecule is CNC(=O)CC1(c2ccc(C(N)=O)cc2)CC1.COc1ccc(-n2nc(C(F)(F)F)cc2C(=O)O)cc1. The van der Waals surface area contributed by atoms with E-state index in [0.29, 0.717) is 23.8 Å². The summed E-state index contributed by atoms with van der Waals surface area (Å²) < 4.78 is 43.4. The van der Waals surface area contributed by atoms with Crippen molar-refractivity contribution in [1.29, 1.82) is 0 Å². The predicted octanol–water partition coefficient (Wildman–Crippen LogP) is 3.55. The number of rotatable bonds is 7. The van der Waals surface area contributed by atoms with Gasteiger partial charge in [-0.15, -0.1) is 0 Å². The Morgan fingerprint density at radius 2 is 1.70 bits per heavy atom. The number of primary amides is 1. The number of halogens is 3. The topological polar surface area (TPSA) is 137 Å². The molecule has 2 amide bonds. The monoisotopic (exact) mass is 518 g/mol. The molecule has 0 atom stereocenters. The van der Waals surface area contributed by atoms with E-state index in [-0.39, 0.29) is 17.0 Å². The van der Waals surface area contributed by atoms with Crippen LogP contribution in [0.3, 0.4) is 0 Å². The minimum Gasteiger partial charge on any atom is -0.497 e. The molecule has 0 saturated heterocycles. The summed E-state index contributed by atoms with van der Waals surface area (Å²) in [5.74, 6) is -1.37. The summed E-state index contributed by atoms with van der Waals surface area (Å²) in [5, 5.41) is 14.9. The van der Waals surface area contributed by atoms with Crippen LogP contribution in [0, 0.1) is 0 Å². The maximum absolute atomic E-state index is 12.6. The lowest BCUT2D eigenvalue weighted by Gasteiger charge is -2.14. The number of hydrogen-bond donors (Lipinski definition) is 3. The van der Waals surface area contributed by atoms with Crippen molar-refractivity contribution in [3.8, 4) is 11.4 Å². The zero-order chi connectivity index (χ0) is 27.4. The van der Waals surface area contributed by atoms with Crippen molar-refractivity contribution >= 4 is 17.8 Å². The molecule has 0 aliphatic heterocycles. The van der Waals surface area contributed by atoms with Gasteiger partial charge >= 0.3 is 12.1 Å². The standard InChI is InChI=1S/C13H16N2O2.C12H9F3N2O3/c1-15-11(16)8-13(6-7-13)10-4-2-9(3-5-10)12(14)17;1-20-8-4-2-7(3-5-8)17-9(11(18)19)6-10(16-17)12(13,14)15/h2-5H,6-8H2,1H3,(H2,14,17)(H,15,16);2-6H,1H3,(H,18,19). The number of benzene rings is 2. The molecule has 1 fully saturated rings. The summed E-state index contributed by atoms with van der Waals surface area (Å²) in [6.45, 7) is 0. The Morgan fingerprint density at radius 1 is 1.11 bits per heavy atom. The highest BCUT2D eigenvalue weighted by Crippen LogP contribution is 2.51. The average Bonchev–Trinajstić information content (AvgIpc) is 3.49. The number of aromatic nitrogens is 2. The van der Waals surface area contributed by atoms with Crippen molar-refractivity contribution in [2.45, 2.75) is 30.9 Å². The number of nitrogens with zero attached hydrogens (tertiary/aromatic N) is 2. The fourth-order valence-corrected chi connectivity index (χ4v) is 3.69. The maximum atomic E-state index is 12.6. The van der Waals surface area contributed by atoms with Gasteiger partial charge < -0.3 is 20.9 Å². The van der Waals surface area contributed by atoms with Crippen LogP contribution in [-0.2, 0) is 16.4 Å². The lowest BCUT2D eigenvalue weighted by molar-refractivity contribution is -0.141. The molecule has 3 aromatic rings.